The van der Waals surface area contributed by atoms with E-state index in [1.165, 1.54) is 17.5 Å². The molecular weight excluding hydrogens is 212 g/mol. The van der Waals surface area contributed by atoms with Crippen LogP contribution in [0, 0.1) is 0 Å². The number of hydrogen-bond acceptors (Lipinski definition) is 2. The van der Waals surface area contributed by atoms with E-state index in [4.69, 9.17) is 0 Å². The third kappa shape index (κ3) is 2.88. The third-order valence-corrected chi connectivity index (χ3v) is 3.88. The highest BCUT2D eigenvalue weighted by Crippen LogP contribution is 2.35. The molecule has 0 radical (unpaired) electrons. The second-order valence-electron chi connectivity index (χ2n) is 5.07. The highest BCUT2D eigenvalue weighted by molar-refractivity contribution is 5.32. The zero-order valence-corrected chi connectivity index (χ0v) is 10.5. The standard InChI is InChI=1S/C15H22O2/c1-2-14(16)15(17)10-12-8-5-7-11-6-3-4-9-13(11)12/h3-4,6,9,12,14-17H,2,5,7-8,10H2,1H3. The van der Waals surface area contributed by atoms with Crippen LogP contribution in [0.1, 0.15) is 49.7 Å². The van der Waals surface area contributed by atoms with Crippen LogP contribution >= 0.6 is 0 Å². The summed E-state index contributed by atoms with van der Waals surface area (Å²) in [6, 6.07) is 8.51. The van der Waals surface area contributed by atoms with Crippen molar-refractivity contribution in [2.24, 2.45) is 0 Å². The van der Waals surface area contributed by atoms with E-state index in [9.17, 15) is 10.2 Å². The number of aliphatic hydroxyl groups excluding tert-OH is 2. The lowest BCUT2D eigenvalue weighted by Crippen LogP contribution is -2.28. The molecule has 1 aliphatic rings. The molecule has 17 heavy (non-hydrogen) atoms. The highest BCUT2D eigenvalue weighted by Gasteiger charge is 2.24. The molecule has 3 atom stereocenters. The predicted molar refractivity (Wildman–Crippen MR) is 69.0 cm³/mol. The summed E-state index contributed by atoms with van der Waals surface area (Å²) in [7, 11) is 0. The zero-order chi connectivity index (χ0) is 12.3. The average molecular weight is 234 g/mol. The molecule has 2 N–H and O–H groups in total. The Morgan fingerprint density at radius 2 is 2.00 bits per heavy atom. The van der Waals surface area contributed by atoms with Crippen molar-refractivity contribution in [2.45, 2.75) is 57.2 Å². The molecular formula is C15H22O2. The Hall–Kier alpha value is -0.860. The highest BCUT2D eigenvalue weighted by atomic mass is 16.3. The van der Waals surface area contributed by atoms with Gasteiger partial charge in [0, 0.05) is 0 Å². The van der Waals surface area contributed by atoms with E-state index in [-0.39, 0.29) is 0 Å². The van der Waals surface area contributed by atoms with Gasteiger partial charge in [0.25, 0.3) is 0 Å². The second-order valence-corrected chi connectivity index (χ2v) is 5.07. The Morgan fingerprint density at radius 1 is 1.24 bits per heavy atom. The molecule has 1 aliphatic carbocycles. The molecule has 0 spiro atoms. The van der Waals surface area contributed by atoms with Crippen LogP contribution in [0.25, 0.3) is 0 Å². The SMILES string of the molecule is CCC(O)C(O)CC1CCCc2ccccc21. The molecule has 0 heterocycles. The number of hydrogen-bond donors (Lipinski definition) is 2. The molecule has 2 nitrogen and oxygen atoms in total. The van der Waals surface area contributed by atoms with Crippen molar-refractivity contribution >= 4 is 0 Å². The summed E-state index contributed by atoms with van der Waals surface area (Å²) in [5.41, 5.74) is 2.79. The van der Waals surface area contributed by atoms with Crippen LogP contribution in [0.3, 0.4) is 0 Å². The molecule has 0 saturated carbocycles. The van der Waals surface area contributed by atoms with Gasteiger partial charge in [-0.1, -0.05) is 31.2 Å². The smallest absolute Gasteiger partial charge is 0.0804 e. The van der Waals surface area contributed by atoms with E-state index in [0.29, 0.717) is 18.8 Å². The molecule has 2 heteroatoms. The first kappa shape index (κ1) is 12.6. The Bertz CT molecular complexity index is 362. The van der Waals surface area contributed by atoms with Crippen LogP contribution in [-0.2, 0) is 6.42 Å². The molecule has 0 fully saturated rings. The average Bonchev–Trinajstić information content (AvgIpc) is 2.38. The topological polar surface area (TPSA) is 40.5 Å². The Morgan fingerprint density at radius 3 is 2.76 bits per heavy atom. The van der Waals surface area contributed by atoms with Gasteiger partial charge in [0.15, 0.2) is 0 Å². The lowest BCUT2D eigenvalue weighted by molar-refractivity contribution is 0.00774. The monoisotopic (exact) mass is 234 g/mol. The van der Waals surface area contributed by atoms with Crippen LogP contribution in [0.4, 0.5) is 0 Å². The first-order chi connectivity index (χ1) is 8.22. The molecule has 0 amide bonds. The molecule has 0 bridgehead atoms. The third-order valence-electron chi connectivity index (χ3n) is 3.88. The summed E-state index contributed by atoms with van der Waals surface area (Å²) in [6.07, 6.45) is 3.61. The van der Waals surface area contributed by atoms with Crippen molar-refractivity contribution in [3.63, 3.8) is 0 Å². The van der Waals surface area contributed by atoms with E-state index in [1.54, 1.807) is 0 Å². The van der Waals surface area contributed by atoms with Gasteiger partial charge < -0.3 is 10.2 Å². The first-order valence-electron chi connectivity index (χ1n) is 6.66. The Kier molecular flexibility index (Phi) is 4.19. The zero-order valence-electron chi connectivity index (χ0n) is 10.5. The molecule has 94 valence electrons. The number of benzene rings is 1. The van der Waals surface area contributed by atoms with Gasteiger partial charge in [0.05, 0.1) is 12.2 Å². The summed E-state index contributed by atoms with van der Waals surface area (Å²) < 4.78 is 0. The summed E-state index contributed by atoms with van der Waals surface area (Å²) >= 11 is 0. The lowest BCUT2D eigenvalue weighted by Gasteiger charge is -2.28. The Balaban J connectivity index is 2.08. The lowest BCUT2D eigenvalue weighted by atomic mass is 9.79. The summed E-state index contributed by atoms with van der Waals surface area (Å²) in [5, 5.41) is 19.6. The fourth-order valence-corrected chi connectivity index (χ4v) is 2.82. The maximum Gasteiger partial charge on any atom is 0.0804 e. The maximum atomic E-state index is 9.95. The van der Waals surface area contributed by atoms with Crippen LogP contribution in [0.15, 0.2) is 24.3 Å². The Labute approximate surface area is 103 Å². The second kappa shape index (κ2) is 5.65. The summed E-state index contributed by atoms with van der Waals surface area (Å²) in [5.74, 6) is 0.413. The molecule has 0 saturated heterocycles. The van der Waals surface area contributed by atoms with Crippen LogP contribution in [-0.4, -0.2) is 22.4 Å². The minimum absolute atomic E-state index is 0.413. The molecule has 1 aromatic carbocycles. The van der Waals surface area contributed by atoms with E-state index in [0.717, 1.165) is 12.8 Å². The van der Waals surface area contributed by atoms with Crippen molar-refractivity contribution in [1.29, 1.82) is 0 Å². The first-order valence-corrected chi connectivity index (χ1v) is 6.66. The van der Waals surface area contributed by atoms with Gasteiger partial charge in [-0.3, -0.25) is 0 Å². The van der Waals surface area contributed by atoms with Crippen molar-refractivity contribution in [3.05, 3.63) is 35.4 Å². The van der Waals surface area contributed by atoms with Crippen molar-refractivity contribution in [1.82, 2.24) is 0 Å². The van der Waals surface area contributed by atoms with E-state index in [1.807, 2.05) is 6.92 Å². The van der Waals surface area contributed by atoms with Crippen molar-refractivity contribution in [3.8, 4) is 0 Å². The number of aliphatic hydroxyl groups is 2. The van der Waals surface area contributed by atoms with Gasteiger partial charge in [-0.05, 0) is 49.1 Å². The molecule has 2 rings (SSSR count). The van der Waals surface area contributed by atoms with Gasteiger partial charge in [0.2, 0.25) is 0 Å². The number of rotatable bonds is 4. The van der Waals surface area contributed by atoms with Gasteiger partial charge in [-0.25, -0.2) is 0 Å². The normalized spacial score (nSPS) is 22.9. The van der Waals surface area contributed by atoms with Gasteiger partial charge in [-0.15, -0.1) is 0 Å². The fourth-order valence-electron chi connectivity index (χ4n) is 2.82. The largest absolute Gasteiger partial charge is 0.390 e. The van der Waals surface area contributed by atoms with Gasteiger partial charge in [0.1, 0.15) is 0 Å². The maximum absolute atomic E-state index is 9.95. The predicted octanol–water partition coefficient (Wildman–Crippen LogP) is 2.63. The molecule has 0 aliphatic heterocycles. The number of aryl methyl sites for hydroxylation is 1. The van der Waals surface area contributed by atoms with Crippen molar-refractivity contribution < 1.29 is 10.2 Å². The van der Waals surface area contributed by atoms with Crippen LogP contribution < -0.4 is 0 Å². The van der Waals surface area contributed by atoms with E-state index in [2.05, 4.69) is 24.3 Å². The van der Waals surface area contributed by atoms with E-state index < -0.39 is 12.2 Å². The quantitative estimate of drug-likeness (QED) is 0.840. The molecule has 0 aromatic heterocycles. The fraction of sp³-hybridized carbons (Fsp3) is 0.600. The summed E-state index contributed by atoms with van der Waals surface area (Å²) in [4.78, 5) is 0. The molecule has 3 unspecified atom stereocenters. The van der Waals surface area contributed by atoms with Crippen LogP contribution in [0.5, 0.6) is 0 Å². The van der Waals surface area contributed by atoms with E-state index >= 15 is 0 Å². The minimum Gasteiger partial charge on any atom is -0.390 e. The van der Waals surface area contributed by atoms with Gasteiger partial charge >= 0.3 is 0 Å². The minimum atomic E-state index is -0.587. The molecule has 1 aromatic rings. The summed E-state index contributed by atoms with van der Waals surface area (Å²) in [6.45, 7) is 1.91. The van der Waals surface area contributed by atoms with Gasteiger partial charge in [-0.2, -0.15) is 0 Å². The van der Waals surface area contributed by atoms with Crippen molar-refractivity contribution in [2.75, 3.05) is 0 Å². The number of fused-ring (bicyclic) bond motifs is 1. The van der Waals surface area contributed by atoms with Crippen LogP contribution in [0.2, 0.25) is 0 Å².